The molecule has 0 aromatic carbocycles. The minimum Gasteiger partial charge on any atom is -0.440 e. The molecule has 1 fully saturated rings. The maximum absolute atomic E-state index is 12.5. The summed E-state index contributed by atoms with van der Waals surface area (Å²) in [6.07, 6.45) is 6.64. The number of carbonyl (C=O) groups is 1. The van der Waals surface area contributed by atoms with E-state index >= 15 is 0 Å². The number of piperidine rings is 1. The van der Waals surface area contributed by atoms with Crippen LogP contribution < -0.4 is 0 Å². The van der Waals surface area contributed by atoms with E-state index in [9.17, 15) is 13.2 Å². The number of aryl methyl sites for hydroxylation is 1. The first-order valence-electron chi connectivity index (χ1n) is 7.44. The van der Waals surface area contributed by atoms with Gasteiger partial charge in [0.2, 0.25) is 14.9 Å². The first kappa shape index (κ1) is 15.8. The quantitative estimate of drug-likeness (QED) is 0.850. The number of amides is 1. The predicted molar refractivity (Wildman–Crippen MR) is 83.0 cm³/mol. The summed E-state index contributed by atoms with van der Waals surface area (Å²) in [5.41, 5.74) is 1.08. The van der Waals surface area contributed by atoms with Gasteiger partial charge in [-0.15, -0.1) is 0 Å². The molecule has 3 heterocycles. The van der Waals surface area contributed by atoms with Gasteiger partial charge in [0.05, 0.1) is 12.2 Å². The summed E-state index contributed by atoms with van der Waals surface area (Å²) in [4.78, 5) is 14.2. The van der Waals surface area contributed by atoms with Crippen LogP contribution in [-0.4, -0.2) is 48.4 Å². The molecule has 0 radical (unpaired) electrons. The minimum atomic E-state index is -3.45. The SMILES string of the molecule is Cc1cnn(C2CCCN(C(=O)c3ccc(S(C)(=O)=O)o3)C2)c1. The summed E-state index contributed by atoms with van der Waals surface area (Å²) < 4.78 is 30.0. The summed E-state index contributed by atoms with van der Waals surface area (Å²) in [7, 11) is -3.45. The third-order valence-electron chi connectivity index (χ3n) is 3.95. The predicted octanol–water partition coefficient (Wildman–Crippen LogP) is 1.67. The highest BCUT2D eigenvalue weighted by molar-refractivity contribution is 7.90. The lowest BCUT2D eigenvalue weighted by molar-refractivity contribution is 0.0635. The molecule has 8 heteroatoms. The molecule has 0 aliphatic carbocycles. The maximum Gasteiger partial charge on any atom is 0.289 e. The van der Waals surface area contributed by atoms with Crippen LogP contribution in [0.4, 0.5) is 0 Å². The van der Waals surface area contributed by atoms with Crippen molar-refractivity contribution in [1.82, 2.24) is 14.7 Å². The smallest absolute Gasteiger partial charge is 0.289 e. The van der Waals surface area contributed by atoms with E-state index < -0.39 is 9.84 Å². The van der Waals surface area contributed by atoms with E-state index in [4.69, 9.17) is 4.42 Å². The zero-order chi connectivity index (χ0) is 16.6. The Morgan fingerprint density at radius 1 is 1.39 bits per heavy atom. The molecular formula is C15H19N3O4S. The van der Waals surface area contributed by atoms with Crippen molar-refractivity contribution in [2.45, 2.75) is 30.9 Å². The first-order valence-corrected chi connectivity index (χ1v) is 9.33. The summed E-state index contributed by atoms with van der Waals surface area (Å²) in [5, 5.41) is 4.14. The molecule has 0 bridgehead atoms. The number of sulfone groups is 1. The number of aromatic nitrogens is 2. The molecule has 0 N–H and O–H groups in total. The zero-order valence-corrected chi connectivity index (χ0v) is 13.9. The second-order valence-corrected chi connectivity index (χ2v) is 7.88. The van der Waals surface area contributed by atoms with Gasteiger partial charge in [-0.3, -0.25) is 9.48 Å². The molecular weight excluding hydrogens is 318 g/mol. The number of hydrogen-bond donors (Lipinski definition) is 0. The van der Waals surface area contributed by atoms with Crippen LogP contribution in [0.3, 0.4) is 0 Å². The van der Waals surface area contributed by atoms with Gasteiger partial charge >= 0.3 is 0 Å². The maximum atomic E-state index is 12.5. The Bertz CT molecular complexity index is 821. The molecule has 1 aliphatic heterocycles. The van der Waals surface area contributed by atoms with Crippen molar-refractivity contribution in [1.29, 1.82) is 0 Å². The van der Waals surface area contributed by atoms with Gasteiger partial charge in [0.25, 0.3) is 5.91 Å². The van der Waals surface area contributed by atoms with Gasteiger partial charge in [-0.1, -0.05) is 0 Å². The lowest BCUT2D eigenvalue weighted by atomic mass is 10.1. The van der Waals surface area contributed by atoms with Crippen LogP contribution in [0, 0.1) is 6.92 Å². The summed E-state index contributed by atoms with van der Waals surface area (Å²) in [5.74, 6) is -0.226. The van der Waals surface area contributed by atoms with Gasteiger partial charge in [0.15, 0.2) is 5.76 Å². The van der Waals surface area contributed by atoms with Crippen molar-refractivity contribution in [2.75, 3.05) is 19.3 Å². The van der Waals surface area contributed by atoms with Gasteiger partial charge in [0, 0.05) is 25.5 Å². The molecule has 1 unspecified atom stereocenters. The molecule has 23 heavy (non-hydrogen) atoms. The van der Waals surface area contributed by atoms with Crippen molar-refractivity contribution in [3.8, 4) is 0 Å². The Morgan fingerprint density at radius 3 is 2.78 bits per heavy atom. The molecule has 1 saturated heterocycles. The molecule has 1 atom stereocenters. The molecule has 3 rings (SSSR count). The average molecular weight is 337 g/mol. The second-order valence-electron chi connectivity index (χ2n) is 5.94. The van der Waals surface area contributed by atoms with Crippen LogP contribution in [0.25, 0.3) is 0 Å². The molecule has 7 nitrogen and oxygen atoms in total. The highest BCUT2D eigenvalue weighted by Gasteiger charge is 2.28. The van der Waals surface area contributed by atoms with Crippen molar-refractivity contribution < 1.29 is 17.6 Å². The standard InChI is InChI=1S/C15H19N3O4S/c1-11-8-16-18(9-11)12-4-3-7-17(10-12)15(19)13-5-6-14(22-13)23(2,20)21/h5-6,8-9,12H,3-4,7,10H2,1-2H3. The summed E-state index contributed by atoms with van der Waals surface area (Å²) in [6, 6.07) is 2.87. The van der Waals surface area contributed by atoms with E-state index in [1.54, 1.807) is 11.1 Å². The van der Waals surface area contributed by atoms with Crippen LogP contribution in [-0.2, 0) is 9.84 Å². The van der Waals surface area contributed by atoms with E-state index in [1.165, 1.54) is 12.1 Å². The lowest BCUT2D eigenvalue weighted by Gasteiger charge is -2.32. The average Bonchev–Trinajstić information content (AvgIpc) is 3.15. The summed E-state index contributed by atoms with van der Waals surface area (Å²) in [6.45, 7) is 3.14. The highest BCUT2D eigenvalue weighted by Crippen LogP contribution is 2.24. The van der Waals surface area contributed by atoms with E-state index in [0.717, 1.165) is 24.7 Å². The molecule has 2 aromatic rings. The Morgan fingerprint density at radius 2 is 2.17 bits per heavy atom. The van der Waals surface area contributed by atoms with Crippen molar-refractivity contribution in [2.24, 2.45) is 0 Å². The Hall–Kier alpha value is -2.09. The van der Waals surface area contributed by atoms with Crippen molar-refractivity contribution >= 4 is 15.7 Å². The van der Waals surface area contributed by atoms with E-state index in [-0.39, 0.29) is 22.8 Å². The van der Waals surface area contributed by atoms with Crippen LogP contribution in [0.15, 0.2) is 34.0 Å². The topological polar surface area (TPSA) is 85.4 Å². The van der Waals surface area contributed by atoms with Gasteiger partial charge in [-0.05, 0) is 37.5 Å². The third kappa shape index (κ3) is 3.31. The number of furan rings is 1. The van der Waals surface area contributed by atoms with Gasteiger partial charge in [-0.25, -0.2) is 8.42 Å². The van der Waals surface area contributed by atoms with E-state index in [0.29, 0.717) is 13.1 Å². The van der Waals surface area contributed by atoms with Crippen LogP contribution in [0.1, 0.15) is 35.0 Å². The number of rotatable bonds is 3. The third-order valence-corrected chi connectivity index (χ3v) is 4.90. The van der Waals surface area contributed by atoms with Gasteiger partial charge in [-0.2, -0.15) is 5.10 Å². The largest absolute Gasteiger partial charge is 0.440 e. The Balaban J connectivity index is 1.75. The monoisotopic (exact) mass is 337 g/mol. The number of likely N-dealkylation sites (tertiary alicyclic amines) is 1. The van der Waals surface area contributed by atoms with Gasteiger partial charge in [0.1, 0.15) is 0 Å². The number of carbonyl (C=O) groups excluding carboxylic acids is 1. The highest BCUT2D eigenvalue weighted by atomic mass is 32.2. The molecule has 1 aliphatic rings. The Kier molecular flexibility index (Phi) is 4.01. The van der Waals surface area contributed by atoms with Crippen molar-refractivity contribution in [3.05, 3.63) is 35.9 Å². The normalized spacial score (nSPS) is 19.0. The fourth-order valence-corrected chi connectivity index (χ4v) is 3.33. The Labute approximate surface area is 134 Å². The molecule has 1 amide bonds. The number of nitrogens with zero attached hydrogens (tertiary/aromatic N) is 3. The molecule has 124 valence electrons. The van der Waals surface area contributed by atoms with Crippen LogP contribution in [0.5, 0.6) is 0 Å². The summed E-state index contributed by atoms with van der Waals surface area (Å²) >= 11 is 0. The fourth-order valence-electron chi connectivity index (χ4n) is 2.78. The van der Waals surface area contributed by atoms with Crippen LogP contribution in [0.2, 0.25) is 0 Å². The van der Waals surface area contributed by atoms with Crippen LogP contribution >= 0.6 is 0 Å². The minimum absolute atomic E-state index is 0.0581. The van der Waals surface area contributed by atoms with E-state index in [1.807, 2.05) is 17.8 Å². The first-order chi connectivity index (χ1) is 10.8. The van der Waals surface area contributed by atoms with Gasteiger partial charge < -0.3 is 9.32 Å². The number of hydrogen-bond acceptors (Lipinski definition) is 5. The molecule has 0 spiro atoms. The lowest BCUT2D eigenvalue weighted by Crippen LogP contribution is -2.40. The van der Waals surface area contributed by atoms with Crippen molar-refractivity contribution in [3.63, 3.8) is 0 Å². The zero-order valence-electron chi connectivity index (χ0n) is 13.1. The fraction of sp³-hybridized carbons (Fsp3) is 0.467. The van der Waals surface area contributed by atoms with E-state index in [2.05, 4.69) is 5.10 Å². The second kappa shape index (κ2) is 5.84. The molecule has 2 aromatic heterocycles. The molecule has 0 saturated carbocycles.